The molecule has 1 unspecified atom stereocenters. The normalized spacial score (nSPS) is 17.6. The molecule has 20 heavy (non-hydrogen) atoms. The number of ether oxygens (including phenoxy) is 2. The lowest BCUT2D eigenvalue weighted by Gasteiger charge is -2.24. The molecule has 0 bridgehead atoms. The van der Waals surface area contributed by atoms with Crippen molar-refractivity contribution in [3.05, 3.63) is 41.7 Å². The molecule has 0 saturated heterocycles. The SMILES string of the molecule is COc1ccc(OCC2NCCc3c2cnn3C)cc1. The van der Waals surface area contributed by atoms with E-state index in [1.807, 2.05) is 42.2 Å². The Morgan fingerprint density at radius 1 is 1.30 bits per heavy atom. The van der Waals surface area contributed by atoms with Gasteiger partial charge in [-0.15, -0.1) is 0 Å². The van der Waals surface area contributed by atoms with Crippen molar-refractivity contribution in [1.29, 1.82) is 0 Å². The number of nitrogens with zero attached hydrogens (tertiary/aromatic N) is 2. The minimum absolute atomic E-state index is 0.203. The van der Waals surface area contributed by atoms with Crippen LogP contribution in [0.15, 0.2) is 30.5 Å². The van der Waals surface area contributed by atoms with Crippen LogP contribution in [-0.2, 0) is 13.5 Å². The molecule has 0 saturated carbocycles. The van der Waals surface area contributed by atoms with Gasteiger partial charge in [0.1, 0.15) is 18.1 Å². The number of aromatic nitrogens is 2. The van der Waals surface area contributed by atoms with Crippen molar-refractivity contribution in [3.8, 4) is 11.5 Å². The van der Waals surface area contributed by atoms with E-state index in [9.17, 15) is 0 Å². The van der Waals surface area contributed by atoms with E-state index in [0.717, 1.165) is 24.5 Å². The van der Waals surface area contributed by atoms with Gasteiger partial charge in [0.2, 0.25) is 0 Å². The van der Waals surface area contributed by atoms with Crippen LogP contribution in [-0.4, -0.2) is 30.0 Å². The molecule has 0 spiro atoms. The molecule has 1 aliphatic heterocycles. The maximum atomic E-state index is 5.86. The molecule has 106 valence electrons. The maximum Gasteiger partial charge on any atom is 0.119 e. The predicted molar refractivity (Wildman–Crippen MR) is 76.1 cm³/mol. The van der Waals surface area contributed by atoms with Crippen molar-refractivity contribution >= 4 is 0 Å². The Morgan fingerprint density at radius 2 is 2.05 bits per heavy atom. The van der Waals surface area contributed by atoms with Crippen LogP contribution < -0.4 is 14.8 Å². The minimum Gasteiger partial charge on any atom is -0.497 e. The molecule has 2 heterocycles. The third kappa shape index (κ3) is 2.49. The molecule has 5 nitrogen and oxygen atoms in total. The van der Waals surface area contributed by atoms with Gasteiger partial charge in [-0.2, -0.15) is 5.10 Å². The summed E-state index contributed by atoms with van der Waals surface area (Å²) in [7, 11) is 3.65. The topological polar surface area (TPSA) is 48.3 Å². The Balaban J connectivity index is 1.66. The summed E-state index contributed by atoms with van der Waals surface area (Å²) in [6.07, 6.45) is 2.95. The molecular formula is C15H19N3O2. The second-order valence-corrected chi connectivity index (χ2v) is 4.91. The van der Waals surface area contributed by atoms with Gasteiger partial charge < -0.3 is 14.8 Å². The van der Waals surface area contributed by atoms with Crippen LogP contribution in [0.2, 0.25) is 0 Å². The lowest BCUT2D eigenvalue weighted by atomic mass is 10.0. The van der Waals surface area contributed by atoms with Crippen LogP contribution >= 0.6 is 0 Å². The fourth-order valence-corrected chi connectivity index (χ4v) is 2.55. The second-order valence-electron chi connectivity index (χ2n) is 4.91. The zero-order valence-electron chi connectivity index (χ0n) is 11.8. The van der Waals surface area contributed by atoms with Crippen LogP contribution in [0.3, 0.4) is 0 Å². The Kier molecular flexibility index (Phi) is 3.60. The van der Waals surface area contributed by atoms with E-state index < -0.39 is 0 Å². The Morgan fingerprint density at radius 3 is 2.80 bits per heavy atom. The molecule has 2 aromatic rings. The highest BCUT2D eigenvalue weighted by molar-refractivity contribution is 5.31. The molecule has 3 rings (SSSR count). The smallest absolute Gasteiger partial charge is 0.119 e. The highest BCUT2D eigenvalue weighted by Crippen LogP contribution is 2.24. The third-order valence-electron chi connectivity index (χ3n) is 3.70. The van der Waals surface area contributed by atoms with Gasteiger partial charge in [-0.25, -0.2) is 0 Å². The van der Waals surface area contributed by atoms with Gasteiger partial charge >= 0.3 is 0 Å². The number of hydrogen-bond acceptors (Lipinski definition) is 4. The predicted octanol–water partition coefficient (Wildman–Crippen LogP) is 1.69. The Hall–Kier alpha value is -2.01. The van der Waals surface area contributed by atoms with Crippen molar-refractivity contribution in [3.63, 3.8) is 0 Å². The number of fused-ring (bicyclic) bond motifs is 1. The monoisotopic (exact) mass is 273 g/mol. The summed E-state index contributed by atoms with van der Waals surface area (Å²) < 4.78 is 12.9. The van der Waals surface area contributed by atoms with Crippen molar-refractivity contribution in [2.24, 2.45) is 7.05 Å². The average Bonchev–Trinajstić information content (AvgIpc) is 2.88. The van der Waals surface area contributed by atoms with Gasteiger partial charge in [0.15, 0.2) is 0 Å². The molecule has 1 aromatic heterocycles. The molecule has 1 N–H and O–H groups in total. The quantitative estimate of drug-likeness (QED) is 0.921. The summed E-state index contributed by atoms with van der Waals surface area (Å²) in [6, 6.07) is 7.85. The lowest BCUT2D eigenvalue weighted by Crippen LogP contribution is -2.33. The van der Waals surface area contributed by atoms with E-state index in [0.29, 0.717) is 6.61 Å². The molecule has 5 heteroatoms. The van der Waals surface area contributed by atoms with E-state index in [2.05, 4.69) is 10.4 Å². The van der Waals surface area contributed by atoms with Crippen LogP contribution in [0.1, 0.15) is 17.3 Å². The summed E-state index contributed by atoms with van der Waals surface area (Å²) >= 11 is 0. The molecule has 1 aromatic carbocycles. The molecule has 0 radical (unpaired) electrons. The molecular weight excluding hydrogens is 254 g/mol. The number of nitrogens with one attached hydrogen (secondary N) is 1. The number of rotatable bonds is 4. The van der Waals surface area contributed by atoms with E-state index in [1.54, 1.807) is 7.11 Å². The highest BCUT2D eigenvalue weighted by atomic mass is 16.5. The zero-order chi connectivity index (χ0) is 13.9. The number of aryl methyl sites for hydroxylation is 1. The van der Waals surface area contributed by atoms with Crippen molar-refractivity contribution < 1.29 is 9.47 Å². The maximum absolute atomic E-state index is 5.86. The van der Waals surface area contributed by atoms with E-state index in [4.69, 9.17) is 9.47 Å². The number of benzene rings is 1. The first kappa shape index (κ1) is 13.0. The van der Waals surface area contributed by atoms with Crippen LogP contribution in [0.4, 0.5) is 0 Å². The van der Waals surface area contributed by atoms with Crippen LogP contribution in [0.25, 0.3) is 0 Å². The standard InChI is InChI=1S/C15H19N3O2/c1-18-15-7-8-16-14(13(15)9-17-18)10-20-12-5-3-11(19-2)4-6-12/h3-6,9,14,16H,7-8,10H2,1-2H3. The van der Waals surface area contributed by atoms with Crippen molar-refractivity contribution in [2.75, 3.05) is 20.3 Å². The molecule has 1 aliphatic rings. The summed E-state index contributed by atoms with van der Waals surface area (Å²) in [5.41, 5.74) is 2.54. The first-order chi connectivity index (χ1) is 9.78. The van der Waals surface area contributed by atoms with E-state index in [-0.39, 0.29) is 6.04 Å². The molecule has 0 aliphatic carbocycles. The lowest BCUT2D eigenvalue weighted by molar-refractivity contribution is 0.260. The number of methoxy groups -OCH3 is 1. The van der Waals surface area contributed by atoms with Gasteiger partial charge in [0.25, 0.3) is 0 Å². The molecule has 0 fully saturated rings. The Bertz CT molecular complexity index is 577. The highest BCUT2D eigenvalue weighted by Gasteiger charge is 2.23. The summed E-state index contributed by atoms with van der Waals surface area (Å²) in [5, 5.41) is 7.81. The van der Waals surface area contributed by atoms with Crippen molar-refractivity contribution in [1.82, 2.24) is 15.1 Å². The summed E-state index contributed by atoms with van der Waals surface area (Å²) in [6.45, 7) is 1.56. The van der Waals surface area contributed by atoms with Gasteiger partial charge in [-0.1, -0.05) is 0 Å². The Labute approximate surface area is 118 Å². The molecule has 1 atom stereocenters. The first-order valence-corrected chi connectivity index (χ1v) is 6.79. The van der Waals surface area contributed by atoms with Gasteiger partial charge in [0, 0.05) is 31.3 Å². The summed E-state index contributed by atoms with van der Waals surface area (Å²) in [5.74, 6) is 1.69. The first-order valence-electron chi connectivity index (χ1n) is 6.79. The van der Waals surface area contributed by atoms with Crippen LogP contribution in [0.5, 0.6) is 11.5 Å². The van der Waals surface area contributed by atoms with Crippen molar-refractivity contribution in [2.45, 2.75) is 12.5 Å². The fraction of sp³-hybridized carbons (Fsp3) is 0.400. The fourth-order valence-electron chi connectivity index (χ4n) is 2.55. The largest absolute Gasteiger partial charge is 0.497 e. The van der Waals surface area contributed by atoms with Gasteiger partial charge in [-0.3, -0.25) is 4.68 Å². The average molecular weight is 273 g/mol. The number of hydrogen-bond donors (Lipinski definition) is 1. The van der Waals surface area contributed by atoms with E-state index >= 15 is 0 Å². The van der Waals surface area contributed by atoms with Gasteiger partial charge in [0.05, 0.1) is 19.3 Å². The van der Waals surface area contributed by atoms with Gasteiger partial charge in [-0.05, 0) is 24.3 Å². The molecule has 0 amide bonds. The zero-order valence-corrected chi connectivity index (χ0v) is 11.8. The minimum atomic E-state index is 0.203. The van der Waals surface area contributed by atoms with E-state index in [1.165, 1.54) is 11.3 Å². The van der Waals surface area contributed by atoms with Crippen LogP contribution in [0, 0.1) is 0 Å². The third-order valence-corrected chi connectivity index (χ3v) is 3.70. The second kappa shape index (κ2) is 5.54. The summed E-state index contributed by atoms with van der Waals surface area (Å²) in [4.78, 5) is 0.